The second-order valence-electron chi connectivity index (χ2n) is 5.15. The van der Waals surface area contributed by atoms with Crippen LogP contribution in [0, 0.1) is 5.92 Å². The maximum Gasteiger partial charge on any atom is 0.165 e. The zero-order valence-corrected chi connectivity index (χ0v) is 12.2. The molecule has 0 saturated carbocycles. The third-order valence-corrected chi connectivity index (χ3v) is 3.25. The summed E-state index contributed by atoms with van der Waals surface area (Å²) in [7, 11) is 3.16. The molecule has 4 nitrogen and oxygen atoms in total. The Balaban J connectivity index is 2.89. The summed E-state index contributed by atoms with van der Waals surface area (Å²) in [6.07, 6.45) is 1.05. The van der Waals surface area contributed by atoms with Gasteiger partial charge < -0.3 is 20.3 Å². The van der Waals surface area contributed by atoms with Crippen molar-refractivity contribution in [1.29, 1.82) is 0 Å². The first kappa shape index (κ1) is 15.8. The Bertz CT molecular complexity index is 393. The number of rotatable bonds is 7. The molecule has 0 aliphatic carbocycles. The Morgan fingerprint density at radius 2 is 1.84 bits per heavy atom. The van der Waals surface area contributed by atoms with Crippen molar-refractivity contribution < 1.29 is 14.6 Å². The van der Waals surface area contributed by atoms with Crippen molar-refractivity contribution in [3.63, 3.8) is 0 Å². The van der Waals surface area contributed by atoms with Gasteiger partial charge in [-0.3, -0.25) is 0 Å². The highest BCUT2D eigenvalue weighted by Crippen LogP contribution is 2.35. The Morgan fingerprint density at radius 1 is 1.16 bits per heavy atom. The first-order valence-electron chi connectivity index (χ1n) is 6.65. The molecule has 0 aliphatic rings. The van der Waals surface area contributed by atoms with Crippen LogP contribution < -0.4 is 15.2 Å². The van der Waals surface area contributed by atoms with E-state index < -0.39 is 12.1 Å². The van der Waals surface area contributed by atoms with Crippen LogP contribution in [0.1, 0.15) is 38.3 Å². The number of methoxy groups -OCH3 is 2. The van der Waals surface area contributed by atoms with E-state index in [-0.39, 0.29) is 0 Å². The normalized spacial score (nSPS) is 14.3. The number of para-hydroxylation sites is 1. The molecule has 0 aliphatic heterocycles. The molecule has 0 unspecified atom stereocenters. The van der Waals surface area contributed by atoms with Gasteiger partial charge in [0.2, 0.25) is 0 Å². The zero-order chi connectivity index (χ0) is 14.4. The molecule has 2 atom stereocenters. The van der Waals surface area contributed by atoms with Gasteiger partial charge in [-0.15, -0.1) is 0 Å². The molecule has 19 heavy (non-hydrogen) atoms. The summed E-state index contributed by atoms with van der Waals surface area (Å²) >= 11 is 0. The number of hydrogen-bond acceptors (Lipinski definition) is 4. The molecule has 0 spiro atoms. The van der Waals surface area contributed by atoms with Crippen LogP contribution in [0.25, 0.3) is 0 Å². The van der Waals surface area contributed by atoms with Gasteiger partial charge in [-0.25, -0.2) is 0 Å². The molecular formula is C15H25NO3. The highest BCUT2D eigenvalue weighted by Gasteiger charge is 2.22. The lowest BCUT2D eigenvalue weighted by Crippen LogP contribution is -2.27. The molecule has 0 aromatic heterocycles. The van der Waals surface area contributed by atoms with Crippen molar-refractivity contribution in [2.45, 2.75) is 38.8 Å². The van der Waals surface area contributed by atoms with Crippen LogP contribution in [-0.2, 0) is 0 Å². The third kappa shape index (κ3) is 4.11. The minimum Gasteiger partial charge on any atom is -0.493 e. The number of ether oxygens (including phenoxy) is 2. The van der Waals surface area contributed by atoms with Crippen LogP contribution in [0.2, 0.25) is 0 Å². The van der Waals surface area contributed by atoms with Crippen LogP contribution >= 0.6 is 0 Å². The van der Waals surface area contributed by atoms with E-state index in [1.807, 2.05) is 18.2 Å². The molecule has 4 heteroatoms. The van der Waals surface area contributed by atoms with E-state index in [9.17, 15) is 5.11 Å². The fourth-order valence-corrected chi connectivity index (χ4v) is 2.07. The lowest BCUT2D eigenvalue weighted by atomic mass is 9.95. The summed E-state index contributed by atoms with van der Waals surface area (Å²) in [6, 6.07) is 5.06. The molecule has 1 aromatic rings. The monoisotopic (exact) mass is 267 g/mol. The van der Waals surface area contributed by atoms with Gasteiger partial charge >= 0.3 is 0 Å². The molecule has 0 amide bonds. The lowest BCUT2D eigenvalue weighted by molar-refractivity contribution is 0.127. The first-order valence-corrected chi connectivity index (χ1v) is 6.65. The number of aliphatic hydroxyl groups excluding tert-OH is 1. The molecule has 1 rings (SSSR count). The molecule has 3 N–H and O–H groups in total. The number of aliphatic hydroxyl groups is 1. The maximum absolute atomic E-state index is 10.2. The summed E-state index contributed by atoms with van der Waals surface area (Å²) in [5, 5.41) is 10.2. The van der Waals surface area contributed by atoms with Gasteiger partial charge in [-0.2, -0.15) is 0 Å². The summed E-state index contributed by atoms with van der Waals surface area (Å²) < 4.78 is 10.6. The van der Waals surface area contributed by atoms with E-state index in [0.717, 1.165) is 12.0 Å². The van der Waals surface area contributed by atoms with Gasteiger partial charge in [-0.1, -0.05) is 26.0 Å². The topological polar surface area (TPSA) is 64.7 Å². The fraction of sp³-hybridized carbons (Fsp3) is 0.600. The van der Waals surface area contributed by atoms with Crippen molar-refractivity contribution in [3.05, 3.63) is 23.8 Å². The third-order valence-electron chi connectivity index (χ3n) is 3.25. The highest BCUT2D eigenvalue weighted by molar-refractivity contribution is 5.48. The van der Waals surface area contributed by atoms with Gasteiger partial charge in [0.25, 0.3) is 0 Å². The maximum atomic E-state index is 10.2. The summed E-state index contributed by atoms with van der Waals surface area (Å²) in [6.45, 7) is 4.26. The second-order valence-corrected chi connectivity index (χ2v) is 5.15. The predicted octanol–water partition coefficient (Wildman–Crippen LogP) is 2.50. The minimum atomic E-state index is -0.580. The average molecular weight is 267 g/mol. The standard InChI is InChI=1S/C15H25NO3/c1-10(2)8-9-12(17)14(16)11-6-5-7-13(18-3)15(11)19-4/h5-7,10,12,14,17H,8-9,16H2,1-4H3/t12-,14+/m0/s1. The highest BCUT2D eigenvalue weighted by atomic mass is 16.5. The van der Waals surface area contributed by atoms with Gasteiger partial charge in [-0.05, 0) is 24.8 Å². The van der Waals surface area contributed by atoms with Gasteiger partial charge in [0.1, 0.15) is 0 Å². The fourth-order valence-electron chi connectivity index (χ4n) is 2.07. The van der Waals surface area contributed by atoms with E-state index in [0.29, 0.717) is 23.8 Å². The molecular weight excluding hydrogens is 242 g/mol. The van der Waals surface area contributed by atoms with Crippen molar-refractivity contribution in [1.82, 2.24) is 0 Å². The van der Waals surface area contributed by atoms with Crippen LogP contribution in [0.5, 0.6) is 11.5 Å². The smallest absolute Gasteiger partial charge is 0.165 e. The lowest BCUT2D eigenvalue weighted by Gasteiger charge is -2.22. The van der Waals surface area contributed by atoms with Crippen LogP contribution in [0.15, 0.2) is 18.2 Å². The molecule has 0 radical (unpaired) electrons. The summed E-state index contributed by atoms with van der Waals surface area (Å²) in [5.41, 5.74) is 6.92. The molecule has 0 heterocycles. The Morgan fingerprint density at radius 3 is 2.37 bits per heavy atom. The Kier molecular flexibility index (Phi) is 6.12. The van der Waals surface area contributed by atoms with Crippen LogP contribution in [-0.4, -0.2) is 25.4 Å². The van der Waals surface area contributed by atoms with Gasteiger partial charge in [0, 0.05) is 5.56 Å². The van der Waals surface area contributed by atoms with E-state index in [1.165, 1.54) is 0 Å². The second kappa shape index (κ2) is 7.36. The van der Waals surface area contributed by atoms with Crippen molar-refractivity contribution in [3.8, 4) is 11.5 Å². The summed E-state index contributed by atoms with van der Waals surface area (Å²) in [4.78, 5) is 0. The minimum absolute atomic E-state index is 0.469. The van der Waals surface area contributed by atoms with E-state index in [4.69, 9.17) is 15.2 Å². The van der Waals surface area contributed by atoms with Crippen molar-refractivity contribution >= 4 is 0 Å². The van der Waals surface area contributed by atoms with Gasteiger partial charge in [0.05, 0.1) is 26.4 Å². The predicted molar refractivity (Wildman–Crippen MR) is 76.6 cm³/mol. The van der Waals surface area contributed by atoms with Crippen molar-refractivity contribution in [2.24, 2.45) is 11.7 Å². The van der Waals surface area contributed by atoms with Crippen LogP contribution in [0.3, 0.4) is 0 Å². The van der Waals surface area contributed by atoms with Crippen LogP contribution in [0.4, 0.5) is 0 Å². The Labute approximate surface area is 115 Å². The molecule has 0 bridgehead atoms. The molecule has 108 valence electrons. The SMILES string of the molecule is COc1cccc([C@@H](N)[C@@H](O)CCC(C)C)c1OC. The largest absolute Gasteiger partial charge is 0.493 e. The quantitative estimate of drug-likeness (QED) is 0.796. The number of hydrogen-bond donors (Lipinski definition) is 2. The summed E-state index contributed by atoms with van der Waals surface area (Å²) in [5.74, 6) is 1.78. The number of nitrogens with two attached hydrogens (primary N) is 1. The zero-order valence-electron chi connectivity index (χ0n) is 12.2. The van der Waals surface area contributed by atoms with E-state index >= 15 is 0 Å². The molecule has 0 saturated heterocycles. The number of benzene rings is 1. The average Bonchev–Trinajstić information content (AvgIpc) is 2.42. The van der Waals surface area contributed by atoms with E-state index in [2.05, 4.69) is 13.8 Å². The first-order chi connectivity index (χ1) is 9.01. The molecule has 0 fully saturated rings. The molecule has 1 aromatic carbocycles. The van der Waals surface area contributed by atoms with Gasteiger partial charge in [0.15, 0.2) is 11.5 Å². The Hall–Kier alpha value is -1.26. The van der Waals surface area contributed by atoms with E-state index in [1.54, 1.807) is 14.2 Å². The van der Waals surface area contributed by atoms with Crippen molar-refractivity contribution in [2.75, 3.05) is 14.2 Å².